The molecule has 0 unspecified atom stereocenters. The Bertz CT molecular complexity index is 782. The van der Waals surface area contributed by atoms with E-state index in [1.165, 1.54) is 29.1 Å². The van der Waals surface area contributed by atoms with E-state index in [0.29, 0.717) is 5.52 Å². The van der Waals surface area contributed by atoms with Crippen molar-refractivity contribution < 1.29 is 14.3 Å². The van der Waals surface area contributed by atoms with Crippen molar-refractivity contribution in [1.82, 2.24) is 14.4 Å². The molecular formula is C13H8FN3O2. The lowest BCUT2D eigenvalue weighted by Crippen LogP contribution is -1.97. The lowest BCUT2D eigenvalue weighted by molar-refractivity contribution is 0.0693. The number of imidazole rings is 1. The van der Waals surface area contributed by atoms with Gasteiger partial charge in [0.25, 0.3) is 0 Å². The normalized spacial score (nSPS) is 10.8. The van der Waals surface area contributed by atoms with E-state index in [2.05, 4.69) is 9.97 Å². The van der Waals surface area contributed by atoms with Crippen molar-refractivity contribution in [2.45, 2.75) is 0 Å². The van der Waals surface area contributed by atoms with Crippen LogP contribution in [-0.4, -0.2) is 25.4 Å². The molecule has 94 valence electrons. The van der Waals surface area contributed by atoms with Crippen molar-refractivity contribution in [3.05, 3.63) is 54.4 Å². The summed E-state index contributed by atoms with van der Waals surface area (Å²) in [6, 6.07) is 7.60. The van der Waals surface area contributed by atoms with Gasteiger partial charge in [0.15, 0.2) is 5.69 Å². The van der Waals surface area contributed by atoms with Gasteiger partial charge in [0, 0.05) is 6.20 Å². The summed E-state index contributed by atoms with van der Waals surface area (Å²) in [4.78, 5) is 19.1. The molecule has 6 heteroatoms. The molecule has 1 N–H and O–H groups in total. The standard InChI is InChI=1S/C13H8FN3O2/c14-9-4-2-1-3-8(9)12-16-11(13(18)19)10-5-6-15-7-17(10)12/h1-7H,(H,18,19). The van der Waals surface area contributed by atoms with Crippen LogP contribution in [0.25, 0.3) is 16.9 Å². The van der Waals surface area contributed by atoms with E-state index in [4.69, 9.17) is 5.11 Å². The first-order valence-corrected chi connectivity index (χ1v) is 5.49. The molecule has 0 amide bonds. The minimum Gasteiger partial charge on any atom is -0.476 e. The van der Waals surface area contributed by atoms with Crippen LogP contribution in [0.15, 0.2) is 42.9 Å². The average molecular weight is 257 g/mol. The predicted molar refractivity (Wildman–Crippen MR) is 65.3 cm³/mol. The third kappa shape index (κ3) is 1.74. The number of rotatable bonds is 2. The summed E-state index contributed by atoms with van der Waals surface area (Å²) in [6.07, 6.45) is 2.88. The van der Waals surface area contributed by atoms with Crippen molar-refractivity contribution in [2.75, 3.05) is 0 Å². The van der Waals surface area contributed by atoms with E-state index >= 15 is 0 Å². The van der Waals surface area contributed by atoms with Gasteiger partial charge in [0.1, 0.15) is 18.0 Å². The number of carbonyl (C=O) groups is 1. The first kappa shape index (κ1) is 11.3. The van der Waals surface area contributed by atoms with E-state index in [9.17, 15) is 9.18 Å². The molecule has 1 aromatic carbocycles. The van der Waals surface area contributed by atoms with Crippen molar-refractivity contribution in [1.29, 1.82) is 0 Å². The van der Waals surface area contributed by atoms with Crippen LogP contribution >= 0.6 is 0 Å². The second-order valence-electron chi connectivity index (χ2n) is 3.90. The summed E-state index contributed by atoms with van der Waals surface area (Å²) in [5.74, 6) is -1.40. The quantitative estimate of drug-likeness (QED) is 0.764. The minimum absolute atomic E-state index is 0.124. The van der Waals surface area contributed by atoms with E-state index in [1.807, 2.05) is 0 Å². The molecular weight excluding hydrogens is 249 g/mol. The molecule has 0 radical (unpaired) electrons. The van der Waals surface area contributed by atoms with Crippen LogP contribution in [0.4, 0.5) is 4.39 Å². The summed E-state index contributed by atoms with van der Waals surface area (Å²) >= 11 is 0. The smallest absolute Gasteiger partial charge is 0.356 e. The maximum absolute atomic E-state index is 13.8. The van der Waals surface area contributed by atoms with Gasteiger partial charge in [-0.2, -0.15) is 0 Å². The van der Waals surface area contributed by atoms with Crippen molar-refractivity contribution in [2.24, 2.45) is 0 Å². The Morgan fingerprint density at radius 3 is 2.79 bits per heavy atom. The highest BCUT2D eigenvalue weighted by molar-refractivity contribution is 5.94. The first-order chi connectivity index (χ1) is 9.18. The van der Waals surface area contributed by atoms with Gasteiger partial charge in [-0.25, -0.2) is 19.2 Å². The summed E-state index contributed by atoms with van der Waals surface area (Å²) in [5.41, 5.74) is 0.486. The van der Waals surface area contributed by atoms with Crippen LogP contribution < -0.4 is 0 Å². The maximum Gasteiger partial charge on any atom is 0.356 e. The molecule has 0 atom stereocenters. The number of carboxylic acid groups (broad SMARTS) is 1. The Labute approximate surface area is 107 Å². The second-order valence-corrected chi connectivity index (χ2v) is 3.90. The van der Waals surface area contributed by atoms with Crippen LogP contribution in [0.3, 0.4) is 0 Å². The number of benzene rings is 1. The molecule has 0 saturated heterocycles. The van der Waals surface area contributed by atoms with Gasteiger partial charge < -0.3 is 5.11 Å². The van der Waals surface area contributed by atoms with E-state index < -0.39 is 11.8 Å². The second kappa shape index (κ2) is 4.16. The molecule has 0 bridgehead atoms. The third-order valence-electron chi connectivity index (χ3n) is 2.77. The maximum atomic E-state index is 13.8. The van der Waals surface area contributed by atoms with Gasteiger partial charge in [0.05, 0.1) is 11.1 Å². The van der Waals surface area contributed by atoms with Crippen LogP contribution in [-0.2, 0) is 0 Å². The zero-order valence-electron chi connectivity index (χ0n) is 9.62. The van der Waals surface area contributed by atoms with Crippen LogP contribution in [0.5, 0.6) is 0 Å². The molecule has 3 aromatic rings. The Kier molecular flexibility index (Phi) is 2.49. The van der Waals surface area contributed by atoms with Gasteiger partial charge >= 0.3 is 5.97 Å². The number of halogens is 1. The highest BCUT2D eigenvalue weighted by Crippen LogP contribution is 2.24. The minimum atomic E-state index is -1.16. The molecule has 2 aromatic heterocycles. The Hall–Kier alpha value is -2.76. The molecule has 0 saturated carbocycles. The number of fused-ring (bicyclic) bond motifs is 1. The molecule has 0 aliphatic carbocycles. The van der Waals surface area contributed by atoms with E-state index in [-0.39, 0.29) is 17.1 Å². The molecule has 0 aliphatic rings. The number of carboxylic acids is 1. The lowest BCUT2D eigenvalue weighted by atomic mass is 10.2. The zero-order chi connectivity index (χ0) is 13.4. The van der Waals surface area contributed by atoms with Gasteiger partial charge in [0.2, 0.25) is 0 Å². The molecule has 2 heterocycles. The van der Waals surface area contributed by atoms with Crippen molar-refractivity contribution in [3.8, 4) is 11.4 Å². The summed E-state index contributed by atoms with van der Waals surface area (Å²) in [7, 11) is 0. The number of aromatic carboxylic acids is 1. The Balaban J connectivity index is 2.37. The highest BCUT2D eigenvalue weighted by Gasteiger charge is 2.19. The third-order valence-corrected chi connectivity index (χ3v) is 2.77. The van der Waals surface area contributed by atoms with Gasteiger partial charge in [-0.3, -0.25) is 4.40 Å². The Morgan fingerprint density at radius 2 is 2.05 bits per heavy atom. The van der Waals surface area contributed by atoms with Gasteiger partial charge in [-0.15, -0.1) is 0 Å². The van der Waals surface area contributed by atoms with Crippen LogP contribution in [0.2, 0.25) is 0 Å². The predicted octanol–water partition coefficient (Wildman–Crippen LogP) is 2.23. The average Bonchev–Trinajstić information content (AvgIpc) is 2.79. The van der Waals surface area contributed by atoms with Crippen molar-refractivity contribution >= 4 is 11.5 Å². The first-order valence-electron chi connectivity index (χ1n) is 5.49. The van der Waals surface area contributed by atoms with Crippen LogP contribution in [0.1, 0.15) is 10.5 Å². The highest BCUT2D eigenvalue weighted by atomic mass is 19.1. The lowest BCUT2D eigenvalue weighted by Gasteiger charge is -2.01. The Morgan fingerprint density at radius 1 is 1.26 bits per heavy atom. The summed E-state index contributed by atoms with van der Waals surface area (Å²) in [6.45, 7) is 0. The van der Waals surface area contributed by atoms with Gasteiger partial charge in [-0.05, 0) is 18.2 Å². The molecule has 3 rings (SSSR count). The van der Waals surface area contributed by atoms with Crippen LogP contribution in [0, 0.1) is 5.82 Å². The molecule has 19 heavy (non-hydrogen) atoms. The fourth-order valence-electron chi connectivity index (χ4n) is 1.93. The van der Waals surface area contributed by atoms with E-state index in [1.54, 1.807) is 18.2 Å². The number of aromatic nitrogens is 3. The summed E-state index contributed by atoms with van der Waals surface area (Å²) < 4.78 is 15.3. The topological polar surface area (TPSA) is 67.5 Å². The fourth-order valence-corrected chi connectivity index (χ4v) is 1.93. The largest absolute Gasteiger partial charge is 0.476 e. The monoisotopic (exact) mass is 257 g/mol. The molecule has 0 aliphatic heterocycles. The van der Waals surface area contributed by atoms with Gasteiger partial charge in [-0.1, -0.05) is 12.1 Å². The summed E-state index contributed by atoms with van der Waals surface area (Å²) in [5, 5.41) is 9.12. The number of hydrogen-bond acceptors (Lipinski definition) is 3. The molecule has 0 fully saturated rings. The zero-order valence-corrected chi connectivity index (χ0v) is 9.62. The number of hydrogen-bond donors (Lipinski definition) is 1. The van der Waals surface area contributed by atoms with E-state index in [0.717, 1.165) is 0 Å². The fraction of sp³-hybridized carbons (Fsp3) is 0. The molecule has 5 nitrogen and oxygen atoms in total. The van der Waals surface area contributed by atoms with Crippen molar-refractivity contribution in [3.63, 3.8) is 0 Å². The molecule has 0 spiro atoms. The number of nitrogens with zero attached hydrogens (tertiary/aromatic N) is 3. The SMILES string of the molecule is O=C(O)c1nc(-c2ccccc2F)n2cnccc12.